The molecule has 6 heteroatoms. The van der Waals surface area contributed by atoms with Crippen molar-refractivity contribution in [2.75, 3.05) is 25.7 Å². The molecule has 1 heterocycles. The van der Waals surface area contributed by atoms with Crippen LogP contribution in [-0.4, -0.2) is 38.8 Å². The van der Waals surface area contributed by atoms with Gasteiger partial charge in [-0.1, -0.05) is 18.2 Å². The van der Waals surface area contributed by atoms with E-state index < -0.39 is 5.92 Å². The highest BCUT2D eigenvalue weighted by Crippen LogP contribution is 2.36. The fraction of sp³-hybridized carbons (Fsp3) is 0.250. The van der Waals surface area contributed by atoms with Crippen molar-refractivity contribution >= 4 is 23.7 Å². The predicted octanol–water partition coefficient (Wildman–Crippen LogP) is 3.07. The minimum atomic E-state index is -0.600. The first-order chi connectivity index (χ1) is 12.6. The quantitative estimate of drug-likeness (QED) is 0.613. The van der Waals surface area contributed by atoms with Crippen molar-refractivity contribution in [2.45, 2.75) is 12.8 Å². The van der Waals surface area contributed by atoms with Crippen molar-refractivity contribution in [3.8, 4) is 11.5 Å². The van der Waals surface area contributed by atoms with Crippen molar-refractivity contribution in [3.63, 3.8) is 0 Å². The van der Waals surface area contributed by atoms with Crippen LogP contribution in [0.4, 0.5) is 5.69 Å². The molecule has 3 rings (SSSR count). The van der Waals surface area contributed by atoms with Gasteiger partial charge in [0.15, 0.2) is 11.5 Å². The molecule has 1 unspecified atom stereocenters. The number of methoxy groups -OCH3 is 2. The molecule has 2 aromatic carbocycles. The van der Waals surface area contributed by atoms with E-state index in [4.69, 9.17) is 9.47 Å². The van der Waals surface area contributed by atoms with Crippen LogP contribution in [0.25, 0.3) is 0 Å². The largest absolute Gasteiger partial charge is 0.493 e. The third kappa shape index (κ3) is 2.94. The Hall–Kier alpha value is -3.15. The number of fused-ring (bicyclic) bond motifs is 1. The summed E-state index contributed by atoms with van der Waals surface area (Å²) in [4.78, 5) is 31.5. The highest BCUT2D eigenvalue weighted by atomic mass is 16.5. The Morgan fingerprint density at radius 2 is 1.81 bits per heavy atom. The summed E-state index contributed by atoms with van der Waals surface area (Å²) in [5.41, 5.74) is 1.60. The third-order valence-electron chi connectivity index (χ3n) is 4.28. The zero-order chi connectivity index (χ0) is 18.7. The van der Waals surface area contributed by atoms with Crippen LogP contribution in [0.15, 0.2) is 47.5 Å². The average molecular weight is 352 g/mol. The summed E-state index contributed by atoms with van der Waals surface area (Å²) in [5, 5.41) is 0. The lowest BCUT2D eigenvalue weighted by Crippen LogP contribution is -2.45. The molecule has 0 bridgehead atoms. The first kappa shape index (κ1) is 17.7. The third-order valence-corrected chi connectivity index (χ3v) is 4.28. The zero-order valence-electron chi connectivity index (χ0n) is 14.9. The van der Waals surface area contributed by atoms with E-state index in [9.17, 15) is 9.59 Å². The molecule has 0 spiro atoms. The molecule has 0 fully saturated rings. The molecule has 0 saturated carbocycles. The highest BCUT2D eigenvalue weighted by Gasteiger charge is 2.38. The van der Waals surface area contributed by atoms with Gasteiger partial charge in [-0.15, -0.1) is 0 Å². The van der Waals surface area contributed by atoms with Crippen LogP contribution in [-0.2, 0) is 4.79 Å². The number of rotatable bonds is 5. The molecule has 1 aliphatic heterocycles. The Labute approximate surface area is 152 Å². The summed E-state index contributed by atoms with van der Waals surface area (Å²) in [5.74, 6) is -0.324. The fourth-order valence-corrected chi connectivity index (χ4v) is 3.02. The number of nitrogens with zero attached hydrogens (tertiary/aromatic N) is 2. The van der Waals surface area contributed by atoms with Gasteiger partial charge in [-0.3, -0.25) is 14.6 Å². The average Bonchev–Trinajstić information content (AvgIpc) is 2.68. The maximum Gasteiger partial charge on any atom is 0.265 e. The van der Waals surface area contributed by atoms with Gasteiger partial charge in [0, 0.05) is 24.4 Å². The second-order valence-corrected chi connectivity index (χ2v) is 5.73. The molecular weight excluding hydrogens is 332 g/mol. The molecule has 2 aromatic rings. The number of hydrogen-bond donors (Lipinski definition) is 0. The van der Waals surface area contributed by atoms with Crippen molar-refractivity contribution in [1.29, 1.82) is 0 Å². The lowest BCUT2D eigenvalue weighted by atomic mass is 9.89. The lowest BCUT2D eigenvalue weighted by Gasteiger charge is -2.31. The molecule has 6 nitrogen and oxygen atoms in total. The SMILES string of the molecule is CCN=CC1C(=O)N(c2ccc(OC)c(OC)c2)C(=O)c2ccccc21. The van der Waals surface area contributed by atoms with E-state index in [1.165, 1.54) is 19.1 Å². The Morgan fingerprint density at radius 3 is 2.50 bits per heavy atom. The fourth-order valence-electron chi connectivity index (χ4n) is 3.02. The minimum absolute atomic E-state index is 0.335. The zero-order valence-corrected chi connectivity index (χ0v) is 14.9. The smallest absolute Gasteiger partial charge is 0.265 e. The second kappa shape index (κ2) is 7.39. The number of aliphatic imine (C=N–C) groups is 1. The first-order valence-electron chi connectivity index (χ1n) is 8.31. The van der Waals surface area contributed by atoms with E-state index in [2.05, 4.69) is 4.99 Å². The maximum absolute atomic E-state index is 13.1. The van der Waals surface area contributed by atoms with E-state index in [1.54, 1.807) is 42.6 Å². The van der Waals surface area contributed by atoms with E-state index in [0.29, 0.717) is 34.9 Å². The number of ether oxygens (including phenoxy) is 2. The van der Waals surface area contributed by atoms with Crippen LogP contribution in [0.5, 0.6) is 11.5 Å². The Bertz CT molecular complexity index is 876. The topological polar surface area (TPSA) is 68.2 Å². The number of carbonyl (C=O) groups is 2. The van der Waals surface area contributed by atoms with Crippen molar-refractivity contribution < 1.29 is 19.1 Å². The number of carbonyl (C=O) groups excluding carboxylic acids is 2. The monoisotopic (exact) mass is 352 g/mol. The lowest BCUT2D eigenvalue weighted by molar-refractivity contribution is -0.118. The number of hydrogen-bond acceptors (Lipinski definition) is 5. The van der Waals surface area contributed by atoms with Crippen LogP contribution in [0.2, 0.25) is 0 Å². The van der Waals surface area contributed by atoms with Gasteiger partial charge in [-0.25, -0.2) is 4.90 Å². The number of anilines is 1. The van der Waals surface area contributed by atoms with Crippen LogP contribution < -0.4 is 14.4 Å². The van der Waals surface area contributed by atoms with Crippen molar-refractivity contribution in [2.24, 2.45) is 4.99 Å². The number of amides is 2. The molecule has 0 saturated heterocycles. The van der Waals surface area contributed by atoms with Crippen molar-refractivity contribution in [1.82, 2.24) is 0 Å². The summed E-state index contributed by atoms with van der Waals surface area (Å²) in [6.07, 6.45) is 1.61. The molecule has 0 radical (unpaired) electrons. The molecule has 0 N–H and O–H groups in total. The molecule has 2 amide bonds. The summed E-state index contributed by atoms with van der Waals surface area (Å²) in [6, 6.07) is 12.1. The second-order valence-electron chi connectivity index (χ2n) is 5.73. The first-order valence-corrected chi connectivity index (χ1v) is 8.31. The Balaban J connectivity index is 2.12. The Morgan fingerprint density at radius 1 is 1.08 bits per heavy atom. The number of benzene rings is 2. The summed E-state index contributed by atoms with van der Waals surface area (Å²) in [6.45, 7) is 2.46. The number of imide groups is 1. The minimum Gasteiger partial charge on any atom is -0.493 e. The van der Waals surface area contributed by atoms with Gasteiger partial charge in [-0.2, -0.15) is 0 Å². The van der Waals surface area contributed by atoms with E-state index in [1.807, 2.05) is 13.0 Å². The summed E-state index contributed by atoms with van der Waals surface area (Å²) < 4.78 is 10.5. The molecule has 1 atom stereocenters. The molecule has 0 aliphatic carbocycles. The molecule has 0 aromatic heterocycles. The van der Waals surface area contributed by atoms with Crippen LogP contribution in [0.1, 0.15) is 28.8 Å². The molecular formula is C20H20N2O4. The Kier molecular flexibility index (Phi) is 5.02. The van der Waals surface area contributed by atoms with Crippen LogP contribution in [0.3, 0.4) is 0 Å². The van der Waals surface area contributed by atoms with Crippen molar-refractivity contribution in [3.05, 3.63) is 53.6 Å². The summed E-state index contributed by atoms with van der Waals surface area (Å²) in [7, 11) is 3.04. The molecule has 26 heavy (non-hydrogen) atoms. The van der Waals surface area contributed by atoms with Gasteiger partial charge in [0.2, 0.25) is 5.91 Å². The summed E-state index contributed by atoms with van der Waals surface area (Å²) >= 11 is 0. The predicted molar refractivity (Wildman–Crippen MR) is 99.6 cm³/mol. The van der Waals surface area contributed by atoms with Gasteiger partial charge in [0.05, 0.1) is 25.8 Å². The van der Waals surface area contributed by atoms with Gasteiger partial charge in [0.25, 0.3) is 5.91 Å². The van der Waals surface area contributed by atoms with E-state index in [0.717, 1.165) is 0 Å². The van der Waals surface area contributed by atoms with Gasteiger partial charge in [0.1, 0.15) is 0 Å². The van der Waals surface area contributed by atoms with Crippen LogP contribution in [0, 0.1) is 0 Å². The molecule has 1 aliphatic rings. The maximum atomic E-state index is 13.1. The standard InChI is InChI=1S/C20H20N2O4/c1-4-21-12-16-14-7-5-6-8-15(14)19(23)22(20(16)24)13-9-10-17(25-2)18(11-13)26-3/h5-12,16H,4H2,1-3H3. The van der Waals surface area contributed by atoms with Gasteiger partial charge < -0.3 is 9.47 Å². The van der Waals surface area contributed by atoms with E-state index >= 15 is 0 Å². The normalized spacial score (nSPS) is 16.7. The van der Waals surface area contributed by atoms with Crippen LogP contribution >= 0.6 is 0 Å². The molecule has 134 valence electrons. The van der Waals surface area contributed by atoms with Gasteiger partial charge >= 0.3 is 0 Å². The van der Waals surface area contributed by atoms with E-state index in [-0.39, 0.29) is 11.8 Å². The highest BCUT2D eigenvalue weighted by molar-refractivity contribution is 6.29. The van der Waals surface area contributed by atoms with Gasteiger partial charge in [-0.05, 0) is 30.7 Å².